The van der Waals surface area contributed by atoms with Crippen LogP contribution in [0.3, 0.4) is 0 Å². The third-order valence-electron chi connectivity index (χ3n) is 6.32. The van der Waals surface area contributed by atoms with E-state index in [0.717, 1.165) is 38.0 Å². The lowest BCUT2D eigenvalue weighted by atomic mass is 9.98. The number of likely N-dealkylation sites (tertiary alicyclic amines) is 1. The number of aliphatic imine (C=N–C) groups is 1. The molecule has 0 spiro atoms. The summed E-state index contributed by atoms with van der Waals surface area (Å²) in [6, 6.07) is 4.32. The third-order valence-corrected chi connectivity index (χ3v) is 6.32. The first-order valence-corrected chi connectivity index (χ1v) is 11.5. The van der Waals surface area contributed by atoms with Crippen LogP contribution in [0.25, 0.3) is 0 Å². The van der Waals surface area contributed by atoms with E-state index in [9.17, 15) is 0 Å². The molecule has 0 amide bonds. The molecule has 0 aliphatic carbocycles. The van der Waals surface area contributed by atoms with Gasteiger partial charge in [0.05, 0.1) is 0 Å². The summed E-state index contributed by atoms with van der Waals surface area (Å²) in [6.07, 6.45) is 11.2. The fourth-order valence-corrected chi connectivity index (χ4v) is 4.36. The summed E-state index contributed by atoms with van der Waals surface area (Å²) >= 11 is 0. The highest BCUT2D eigenvalue weighted by Crippen LogP contribution is 2.20. The minimum atomic E-state index is 0. The van der Waals surface area contributed by atoms with Crippen molar-refractivity contribution in [1.29, 1.82) is 0 Å². The second kappa shape index (κ2) is 12.7. The topological polar surface area (TPSA) is 55.8 Å². The van der Waals surface area contributed by atoms with E-state index < -0.39 is 0 Å². The Labute approximate surface area is 200 Å². The number of nitrogens with zero attached hydrogens (tertiary/aromatic N) is 4. The maximum Gasteiger partial charge on any atom is 0.191 e. The minimum Gasteiger partial charge on any atom is -0.357 e. The van der Waals surface area contributed by atoms with Gasteiger partial charge in [0.15, 0.2) is 5.96 Å². The van der Waals surface area contributed by atoms with Crippen molar-refractivity contribution in [3.63, 3.8) is 0 Å². The van der Waals surface area contributed by atoms with Gasteiger partial charge in [-0.2, -0.15) is 0 Å². The predicted molar refractivity (Wildman–Crippen MR) is 138 cm³/mol. The molecule has 1 aromatic heterocycles. The number of hydrogen-bond donors (Lipinski definition) is 2. The zero-order chi connectivity index (χ0) is 20.5. The van der Waals surface area contributed by atoms with Gasteiger partial charge in [0.2, 0.25) is 0 Å². The number of rotatable bonds is 6. The maximum absolute atomic E-state index is 4.62. The van der Waals surface area contributed by atoms with Crippen molar-refractivity contribution in [2.24, 2.45) is 4.99 Å². The fraction of sp³-hybridized carbons (Fsp3) is 0.739. The molecule has 0 radical (unpaired) electrons. The van der Waals surface area contributed by atoms with E-state index in [1.54, 1.807) is 0 Å². The zero-order valence-electron chi connectivity index (χ0n) is 19.1. The summed E-state index contributed by atoms with van der Waals surface area (Å²) in [6.45, 7) is 11.0. The molecule has 30 heavy (non-hydrogen) atoms. The minimum absolute atomic E-state index is 0. The number of pyridine rings is 1. The van der Waals surface area contributed by atoms with Gasteiger partial charge in [-0.05, 0) is 70.3 Å². The van der Waals surface area contributed by atoms with Gasteiger partial charge < -0.3 is 15.5 Å². The normalized spacial score (nSPS) is 19.0. The van der Waals surface area contributed by atoms with Gasteiger partial charge in [0.1, 0.15) is 5.82 Å². The SMILES string of the molecule is CN=C(NCc1ccnc(N2CCCCCC2)c1)NCC(C)(C)N1CCCCC1.I. The zero-order valence-corrected chi connectivity index (χ0v) is 21.5. The Morgan fingerprint density at radius 1 is 1.00 bits per heavy atom. The second-order valence-corrected chi connectivity index (χ2v) is 9.06. The summed E-state index contributed by atoms with van der Waals surface area (Å²) in [7, 11) is 1.85. The van der Waals surface area contributed by atoms with E-state index in [1.165, 1.54) is 63.6 Å². The van der Waals surface area contributed by atoms with Gasteiger partial charge in [0.25, 0.3) is 0 Å². The van der Waals surface area contributed by atoms with Crippen LogP contribution in [0, 0.1) is 0 Å². The van der Waals surface area contributed by atoms with Crippen LogP contribution >= 0.6 is 24.0 Å². The Balaban J connectivity index is 0.00000320. The van der Waals surface area contributed by atoms with Gasteiger partial charge >= 0.3 is 0 Å². The van der Waals surface area contributed by atoms with E-state index in [1.807, 2.05) is 13.2 Å². The molecule has 2 saturated heterocycles. The van der Waals surface area contributed by atoms with Crippen LogP contribution in [-0.2, 0) is 6.54 Å². The van der Waals surface area contributed by atoms with Crippen LogP contribution in [-0.4, -0.2) is 61.2 Å². The average molecular weight is 529 g/mol. The van der Waals surface area contributed by atoms with E-state index in [-0.39, 0.29) is 29.5 Å². The quantitative estimate of drug-likeness (QED) is 0.332. The molecule has 0 atom stereocenters. The lowest BCUT2D eigenvalue weighted by Crippen LogP contribution is -2.54. The number of anilines is 1. The molecule has 2 aliphatic heterocycles. The van der Waals surface area contributed by atoms with Gasteiger partial charge in [-0.15, -0.1) is 24.0 Å². The van der Waals surface area contributed by atoms with Crippen molar-refractivity contribution >= 4 is 35.8 Å². The number of nitrogens with one attached hydrogen (secondary N) is 2. The Morgan fingerprint density at radius 2 is 1.63 bits per heavy atom. The van der Waals surface area contributed by atoms with Crippen molar-refractivity contribution in [3.05, 3.63) is 23.9 Å². The lowest BCUT2D eigenvalue weighted by molar-refractivity contribution is 0.0982. The molecule has 2 fully saturated rings. The van der Waals surface area contributed by atoms with E-state index >= 15 is 0 Å². The Hall–Kier alpha value is -1.09. The number of piperidine rings is 1. The monoisotopic (exact) mass is 528 g/mol. The first kappa shape index (κ1) is 25.2. The molecule has 7 heteroatoms. The molecule has 0 bridgehead atoms. The average Bonchev–Trinajstić information content (AvgIpc) is 3.04. The van der Waals surface area contributed by atoms with Crippen molar-refractivity contribution in [2.45, 2.75) is 70.9 Å². The van der Waals surface area contributed by atoms with E-state index in [0.29, 0.717) is 0 Å². The number of aromatic nitrogens is 1. The van der Waals surface area contributed by atoms with Crippen LogP contribution in [0.5, 0.6) is 0 Å². The van der Waals surface area contributed by atoms with Gasteiger partial charge in [-0.1, -0.05) is 19.3 Å². The molecule has 3 heterocycles. The number of hydrogen-bond acceptors (Lipinski definition) is 4. The van der Waals surface area contributed by atoms with Gasteiger partial charge in [-0.3, -0.25) is 9.89 Å². The van der Waals surface area contributed by atoms with Crippen molar-refractivity contribution in [2.75, 3.05) is 44.7 Å². The van der Waals surface area contributed by atoms with Crippen molar-refractivity contribution in [3.8, 4) is 0 Å². The summed E-state index contributed by atoms with van der Waals surface area (Å²) in [5.41, 5.74) is 1.38. The molecule has 0 aromatic carbocycles. The van der Waals surface area contributed by atoms with Crippen LogP contribution < -0.4 is 15.5 Å². The van der Waals surface area contributed by atoms with Crippen LogP contribution in [0.4, 0.5) is 5.82 Å². The largest absolute Gasteiger partial charge is 0.357 e. The molecule has 0 unspecified atom stereocenters. The summed E-state index contributed by atoms with van der Waals surface area (Å²) in [5.74, 6) is 1.98. The second-order valence-electron chi connectivity index (χ2n) is 9.06. The summed E-state index contributed by atoms with van der Waals surface area (Å²) < 4.78 is 0. The highest BCUT2D eigenvalue weighted by atomic mass is 127. The smallest absolute Gasteiger partial charge is 0.191 e. The Kier molecular flexibility index (Phi) is 10.6. The highest BCUT2D eigenvalue weighted by molar-refractivity contribution is 14.0. The Morgan fingerprint density at radius 3 is 2.30 bits per heavy atom. The fourth-order valence-electron chi connectivity index (χ4n) is 4.36. The molecule has 2 aliphatic rings. The molecule has 170 valence electrons. The summed E-state index contributed by atoms with van der Waals surface area (Å²) in [4.78, 5) is 14.1. The molecule has 3 rings (SSSR count). The molecule has 0 saturated carbocycles. The number of guanidine groups is 1. The molecule has 2 N–H and O–H groups in total. The molecule has 6 nitrogen and oxygen atoms in total. The van der Waals surface area contributed by atoms with Crippen LogP contribution in [0.1, 0.15) is 64.4 Å². The van der Waals surface area contributed by atoms with Crippen LogP contribution in [0.15, 0.2) is 23.3 Å². The molecular weight excluding hydrogens is 487 g/mol. The lowest BCUT2D eigenvalue weighted by Gasteiger charge is -2.41. The Bertz CT molecular complexity index is 649. The first-order chi connectivity index (χ1) is 14.1. The summed E-state index contributed by atoms with van der Waals surface area (Å²) in [5, 5.41) is 7.01. The van der Waals surface area contributed by atoms with Crippen molar-refractivity contribution in [1.82, 2.24) is 20.5 Å². The standard InChI is InChI=1S/C23H40N6.HI/c1-23(2,29-15-9-6-10-16-29)19-27-22(24-3)26-18-20-11-12-25-21(17-20)28-13-7-4-5-8-14-28;/h11-12,17H,4-10,13-16,18-19H2,1-3H3,(H2,24,26,27);1H. The van der Waals surface area contributed by atoms with Crippen LogP contribution in [0.2, 0.25) is 0 Å². The third kappa shape index (κ3) is 7.55. The number of halogens is 1. The first-order valence-electron chi connectivity index (χ1n) is 11.5. The maximum atomic E-state index is 4.62. The van der Waals surface area contributed by atoms with E-state index in [4.69, 9.17) is 0 Å². The molecule has 1 aromatic rings. The highest BCUT2D eigenvalue weighted by Gasteiger charge is 2.27. The van der Waals surface area contributed by atoms with Crippen molar-refractivity contribution < 1.29 is 0 Å². The van der Waals surface area contributed by atoms with Gasteiger partial charge in [-0.25, -0.2) is 4.98 Å². The molecular formula is C23H41IN6. The predicted octanol–water partition coefficient (Wildman–Crippen LogP) is 4.01. The van der Waals surface area contributed by atoms with Gasteiger partial charge in [0, 0.05) is 45.0 Å². The van der Waals surface area contributed by atoms with E-state index in [2.05, 4.69) is 56.4 Å².